The van der Waals surface area contributed by atoms with Crippen LogP contribution in [0.4, 0.5) is 0 Å². The topological polar surface area (TPSA) is 32.8 Å². The van der Waals surface area contributed by atoms with E-state index in [1.807, 2.05) is 18.7 Å². The van der Waals surface area contributed by atoms with Crippen LogP contribution in [0.15, 0.2) is 0 Å². The highest BCUT2D eigenvalue weighted by molar-refractivity contribution is 5.73. The van der Waals surface area contributed by atoms with Crippen LogP contribution in [0.25, 0.3) is 0 Å². The Balaban J connectivity index is 0.000000686. The molecular weight excluding hydrogens is 216 g/mol. The summed E-state index contributed by atoms with van der Waals surface area (Å²) in [4.78, 5) is 15.5. The maximum absolute atomic E-state index is 11.1. The van der Waals surface area contributed by atoms with Crippen LogP contribution in [0, 0.1) is 0 Å². The van der Waals surface area contributed by atoms with E-state index < -0.39 is 0 Å². The second-order valence-corrected chi connectivity index (χ2v) is 4.44. The molecule has 100 valence electrons. The van der Waals surface area contributed by atoms with Gasteiger partial charge in [0.1, 0.15) is 0 Å². The first-order valence-electron chi connectivity index (χ1n) is 6.85. The molecule has 1 atom stereocenters. The molecule has 0 aromatic rings. The van der Waals surface area contributed by atoms with E-state index in [-0.39, 0.29) is 5.91 Å². The minimum absolute atomic E-state index is 0.201. The Kier molecular flexibility index (Phi) is 6.52. The van der Waals surface area contributed by atoms with Crippen molar-refractivity contribution in [1.82, 2.24) is 9.80 Å². The summed E-state index contributed by atoms with van der Waals surface area (Å²) in [6.07, 6.45) is 2.85. The Bertz CT molecular complexity index is 219. The van der Waals surface area contributed by atoms with E-state index in [9.17, 15) is 4.79 Å². The zero-order valence-corrected chi connectivity index (χ0v) is 11.4. The third-order valence-electron chi connectivity index (χ3n) is 3.30. The largest absolute Gasteiger partial charge is 0.377 e. The van der Waals surface area contributed by atoms with Crippen molar-refractivity contribution in [2.45, 2.75) is 39.7 Å². The van der Waals surface area contributed by atoms with Crippen LogP contribution >= 0.6 is 0 Å². The molecule has 0 saturated carbocycles. The minimum Gasteiger partial charge on any atom is -0.377 e. The SMILES string of the molecule is CC.CC(=O)N1CCN(CC2CCCO2)CC1. The van der Waals surface area contributed by atoms with Gasteiger partial charge in [0.15, 0.2) is 0 Å². The number of ether oxygens (including phenoxy) is 1. The summed E-state index contributed by atoms with van der Waals surface area (Å²) < 4.78 is 5.61. The van der Waals surface area contributed by atoms with Gasteiger partial charge < -0.3 is 9.64 Å². The van der Waals surface area contributed by atoms with Gasteiger partial charge >= 0.3 is 0 Å². The fourth-order valence-electron chi connectivity index (χ4n) is 2.32. The molecule has 0 aliphatic carbocycles. The molecule has 0 aromatic heterocycles. The molecule has 1 amide bonds. The van der Waals surface area contributed by atoms with Gasteiger partial charge in [-0.25, -0.2) is 0 Å². The van der Waals surface area contributed by atoms with E-state index in [4.69, 9.17) is 4.74 Å². The fourth-order valence-corrected chi connectivity index (χ4v) is 2.32. The van der Waals surface area contributed by atoms with Gasteiger partial charge in [0.2, 0.25) is 5.91 Å². The molecule has 0 aromatic carbocycles. The Morgan fingerprint density at radius 3 is 2.35 bits per heavy atom. The molecule has 0 N–H and O–H groups in total. The number of hydrogen-bond acceptors (Lipinski definition) is 3. The highest BCUT2D eigenvalue weighted by Gasteiger charge is 2.23. The van der Waals surface area contributed by atoms with Crippen LogP contribution < -0.4 is 0 Å². The Morgan fingerprint density at radius 2 is 1.88 bits per heavy atom. The first-order chi connectivity index (χ1) is 8.25. The first kappa shape index (κ1) is 14.5. The number of carbonyl (C=O) groups is 1. The number of rotatable bonds is 2. The highest BCUT2D eigenvalue weighted by atomic mass is 16.5. The van der Waals surface area contributed by atoms with Crippen molar-refractivity contribution in [3.8, 4) is 0 Å². The summed E-state index contributed by atoms with van der Waals surface area (Å²) in [6.45, 7) is 11.4. The molecule has 2 fully saturated rings. The average Bonchev–Trinajstić information content (AvgIpc) is 2.85. The monoisotopic (exact) mass is 242 g/mol. The van der Waals surface area contributed by atoms with E-state index in [0.29, 0.717) is 6.10 Å². The van der Waals surface area contributed by atoms with E-state index >= 15 is 0 Å². The van der Waals surface area contributed by atoms with Gasteiger partial charge in [-0.2, -0.15) is 0 Å². The van der Waals surface area contributed by atoms with Gasteiger partial charge in [-0.3, -0.25) is 9.69 Å². The summed E-state index contributed by atoms with van der Waals surface area (Å²) in [7, 11) is 0. The molecule has 17 heavy (non-hydrogen) atoms. The van der Waals surface area contributed by atoms with Crippen molar-refractivity contribution in [1.29, 1.82) is 0 Å². The standard InChI is InChI=1S/C11H20N2O2.C2H6/c1-10(14)13-6-4-12(5-7-13)9-11-3-2-8-15-11;1-2/h11H,2-9H2,1H3;1-2H3. The lowest BCUT2D eigenvalue weighted by Gasteiger charge is -2.35. The molecule has 2 saturated heterocycles. The molecule has 2 aliphatic rings. The van der Waals surface area contributed by atoms with E-state index in [2.05, 4.69) is 4.90 Å². The number of piperazine rings is 1. The van der Waals surface area contributed by atoms with Gasteiger partial charge in [0.05, 0.1) is 6.10 Å². The number of amides is 1. The normalized spacial score (nSPS) is 25.4. The molecule has 0 bridgehead atoms. The third kappa shape index (κ3) is 4.64. The third-order valence-corrected chi connectivity index (χ3v) is 3.30. The van der Waals surface area contributed by atoms with Gasteiger partial charge in [-0.15, -0.1) is 0 Å². The van der Waals surface area contributed by atoms with Crippen molar-refractivity contribution < 1.29 is 9.53 Å². The molecule has 2 rings (SSSR count). The quantitative estimate of drug-likeness (QED) is 0.733. The summed E-state index contributed by atoms with van der Waals surface area (Å²) in [5.41, 5.74) is 0. The Labute approximate surface area is 105 Å². The lowest BCUT2D eigenvalue weighted by atomic mass is 10.2. The maximum atomic E-state index is 11.1. The summed E-state index contributed by atoms with van der Waals surface area (Å²) in [5.74, 6) is 0.201. The Morgan fingerprint density at radius 1 is 1.24 bits per heavy atom. The molecule has 0 spiro atoms. The zero-order chi connectivity index (χ0) is 12.7. The predicted octanol–water partition coefficient (Wildman–Crippen LogP) is 1.36. The lowest BCUT2D eigenvalue weighted by Crippen LogP contribution is -2.49. The van der Waals surface area contributed by atoms with E-state index in [1.165, 1.54) is 12.8 Å². The molecule has 2 heterocycles. The Hall–Kier alpha value is -0.610. The molecule has 2 aliphatic heterocycles. The maximum Gasteiger partial charge on any atom is 0.219 e. The summed E-state index contributed by atoms with van der Waals surface area (Å²) in [5, 5.41) is 0. The number of carbonyl (C=O) groups excluding carboxylic acids is 1. The van der Waals surface area contributed by atoms with Crippen molar-refractivity contribution in [3.63, 3.8) is 0 Å². The lowest BCUT2D eigenvalue weighted by molar-refractivity contribution is -0.130. The minimum atomic E-state index is 0.201. The van der Waals surface area contributed by atoms with Crippen LogP contribution in [0.1, 0.15) is 33.6 Å². The predicted molar refractivity (Wildman–Crippen MR) is 69.0 cm³/mol. The van der Waals surface area contributed by atoms with Crippen molar-refractivity contribution >= 4 is 5.91 Å². The first-order valence-corrected chi connectivity index (χ1v) is 6.85. The highest BCUT2D eigenvalue weighted by Crippen LogP contribution is 2.14. The van der Waals surface area contributed by atoms with Crippen LogP contribution in [0.5, 0.6) is 0 Å². The van der Waals surface area contributed by atoms with Crippen LogP contribution in [0.3, 0.4) is 0 Å². The smallest absolute Gasteiger partial charge is 0.219 e. The van der Waals surface area contributed by atoms with E-state index in [1.54, 1.807) is 6.92 Å². The van der Waals surface area contributed by atoms with Gasteiger partial charge in [-0.05, 0) is 12.8 Å². The van der Waals surface area contributed by atoms with Gasteiger partial charge in [0.25, 0.3) is 0 Å². The fraction of sp³-hybridized carbons (Fsp3) is 0.923. The summed E-state index contributed by atoms with van der Waals surface area (Å²) >= 11 is 0. The van der Waals surface area contributed by atoms with Crippen LogP contribution in [-0.4, -0.2) is 61.1 Å². The zero-order valence-electron chi connectivity index (χ0n) is 11.4. The molecule has 4 nitrogen and oxygen atoms in total. The molecular formula is C13H26N2O2. The molecule has 0 radical (unpaired) electrons. The summed E-state index contributed by atoms with van der Waals surface area (Å²) in [6, 6.07) is 0. The second kappa shape index (κ2) is 7.67. The second-order valence-electron chi connectivity index (χ2n) is 4.44. The average molecular weight is 242 g/mol. The van der Waals surface area contributed by atoms with Crippen LogP contribution in [-0.2, 0) is 9.53 Å². The number of hydrogen-bond donors (Lipinski definition) is 0. The molecule has 1 unspecified atom stereocenters. The van der Waals surface area contributed by atoms with Crippen molar-refractivity contribution in [2.75, 3.05) is 39.3 Å². The van der Waals surface area contributed by atoms with Crippen molar-refractivity contribution in [3.05, 3.63) is 0 Å². The van der Waals surface area contributed by atoms with Crippen LogP contribution in [0.2, 0.25) is 0 Å². The van der Waals surface area contributed by atoms with Gasteiger partial charge in [0, 0.05) is 46.3 Å². The molecule has 4 heteroatoms. The number of nitrogens with zero attached hydrogens (tertiary/aromatic N) is 2. The van der Waals surface area contributed by atoms with Gasteiger partial charge in [-0.1, -0.05) is 13.8 Å². The van der Waals surface area contributed by atoms with E-state index in [0.717, 1.165) is 39.3 Å². The van der Waals surface area contributed by atoms with Crippen molar-refractivity contribution in [2.24, 2.45) is 0 Å².